The Morgan fingerprint density at radius 1 is 1.16 bits per heavy atom. The number of aryl methyl sites for hydroxylation is 1. The van der Waals surface area contributed by atoms with Gasteiger partial charge in [-0.05, 0) is 30.2 Å². The summed E-state index contributed by atoms with van der Waals surface area (Å²) in [6, 6.07) is 5.67. The predicted octanol–water partition coefficient (Wildman–Crippen LogP) is 2.22. The number of piperazine rings is 1. The van der Waals surface area contributed by atoms with Gasteiger partial charge in [-0.1, -0.05) is 18.5 Å². The Kier molecular flexibility index (Phi) is 6.20. The van der Waals surface area contributed by atoms with Crippen molar-refractivity contribution in [1.82, 2.24) is 25.2 Å². The van der Waals surface area contributed by atoms with Gasteiger partial charge < -0.3 is 15.2 Å². The number of carbonyl (C=O) groups is 1. The van der Waals surface area contributed by atoms with E-state index in [0.717, 1.165) is 60.6 Å². The van der Waals surface area contributed by atoms with Crippen LogP contribution in [0.1, 0.15) is 28.5 Å². The number of carbonyl (C=O) groups excluding carboxylic acids is 1. The third kappa shape index (κ3) is 4.55. The molecule has 0 radical (unpaired) electrons. The van der Waals surface area contributed by atoms with Crippen LogP contribution in [0.15, 0.2) is 35.4 Å². The lowest BCUT2D eigenvalue weighted by Crippen LogP contribution is -2.46. The third-order valence-electron chi connectivity index (χ3n) is 5.62. The smallest absolute Gasteiger partial charge is 0.271 e. The van der Waals surface area contributed by atoms with Crippen molar-refractivity contribution in [3.8, 4) is 0 Å². The monoisotopic (exact) mass is 440 g/mol. The first-order valence-electron chi connectivity index (χ1n) is 10.3. The lowest BCUT2D eigenvalue weighted by atomic mass is 10.1. The lowest BCUT2D eigenvalue weighted by Gasteiger charge is -2.36. The Morgan fingerprint density at radius 3 is 2.61 bits per heavy atom. The highest BCUT2D eigenvalue weighted by molar-refractivity contribution is 6.33. The molecule has 1 aliphatic rings. The Bertz CT molecular complexity index is 1170. The summed E-state index contributed by atoms with van der Waals surface area (Å²) >= 11 is 6.24. The number of rotatable bonds is 5. The van der Waals surface area contributed by atoms with Crippen molar-refractivity contribution in [2.75, 3.05) is 38.1 Å². The van der Waals surface area contributed by atoms with E-state index in [1.807, 2.05) is 25.3 Å². The summed E-state index contributed by atoms with van der Waals surface area (Å²) < 4.78 is 0. The molecule has 4 rings (SSSR count). The molecule has 8 nitrogen and oxygen atoms in total. The molecule has 3 aromatic heterocycles. The SMILES string of the molecule is CCc1cc2ncc(CN3CCN(c4cnc(C(=O)NC)c(Cl)c4)CC3)cc2[nH]c1=O. The number of pyridine rings is 3. The Hall–Kier alpha value is -2.97. The minimum absolute atomic E-state index is 0.0442. The second-order valence-corrected chi connectivity index (χ2v) is 8.03. The topological polar surface area (TPSA) is 94.2 Å². The molecule has 0 aliphatic carbocycles. The predicted molar refractivity (Wildman–Crippen MR) is 122 cm³/mol. The van der Waals surface area contributed by atoms with Crippen LogP contribution < -0.4 is 15.8 Å². The van der Waals surface area contributed by atoms with Crippen molar-refractivity contribution in [2.24, 2.45) is 0 Å². The van der Waals surface area contributed by atoms with E-state index in [9.17, 15) is 9.59 Å². The highest BCUT2D eigenvalue weighted by Gasteiger charge is 2.20. The number of nitrogens with one attached hydrogen (secondary N) is 2. The van der Waals surface area contributed by atoms with E-state index >= 15 is 0 Å². The van der Waals surface area contributed by atoms with E-state index < -0.39 is 0 Å². The van der Waals surface area contributed by atoms with Crippen molar-refractivity contribution in [2.45, 2.75) is 19.9 Å². The second kappa shape index (κ2) is 9.03. The highest BCUT2D eigenvalue weighted by Crippen LogP contribution is 2.23. The van der Waals surface area contributed by atoms with Gasteiger partial charge in [-0.15, -0.1) is 0 Å². The number of H-pyrrole nitrogens is 1. The fourth-order valence-electron chi connectivity index (χ4n) is 3.82. The first kappa shape index (κ1) is 21.3. The van der Waals surface area contributed by atoms with E-state index in [4.69, 9.17) is 11.6 Å². The maximum Gasteiger partial charge on any atom is 0.271 e. The Labute approximate surface area is 185 Å². The zero-order chi connectivity index (χ0) is 22.0. The standard InChI is InChI=1S/C22H25ClN6O2/c1-3-15-9-18-19(27-21(15)30)8-14(11-25-18)13-28-4-6-29(7-5-28)16-10-17(23)20(26-12-16)22(31)24-2/h8-12H,3-7,13H2,1-2H3,(H,24,31)(H,27,30). The first-order chi connectivity index (χ1) is 15.0. The molecular formula is C22H25ClN6O2. The van der Waals surface area contributed by atoms with Gasteiger partial charge in [-0.25, -0.2) is 4.98 Å². The summed E-state index contributed by atoms with van der Waals surface area (Å²) in [7, 11) is 1.55. The van der Waals surface area contributed by atoms with Gasteiger partial charge in [0.05, 0.1) is 27.9 Å². The molecule has 0 unspecified atom stereocenters. The molecule has 4 heterocycles. The summed E-state index contributed by atoms with van der Waals surface area (Å²) in [6.07, 6.45) is 4.27. The zero-order valence-corrected chi connectivity index (χ0v) is 18.4. The molecule has 162 valence electrons. The van der Waals surface area contributed by atoms with Crippen LogP contribution in [0.25, 0.3) is 11.0 Å². The molecule has 0 atom stereocenters. The second-order valence-electron chi connectivity index (χ2n) is 7.62. The van der Waals surface area contributed by atoms with Gasteiger partial charge in [0, 0.05) is 51.5 Å². The Morgan fingerprint density at radius 2 is 1.94 bits per heavy atom. The summed E-state index contributed by atoms with van der Waals surface area (Å²) in [6.45, 7) is 6.13. The van der Waals surface area contributed by atoms with E-state index in [1.54, 1.807) is 19.3 Å². The van der Waals surface area contributed by atoms with E-state index in [1.165, 1.54) is 0 Å². The molecule has 0 saturated carbocycles. The number of anilines is 1. The number of hydrogen-bond donors (Lipinski definition) is 2. The van der Waals surface area contributed by atoms with Crippen LogP contribution in [0.4, 0.5) is 5.69 Å². The van der Waals surface area contributed by atoms with Crippen LogP contribution in [0.3, 0.4) is 0 Å². The van der Waals surface area contributed by atoms with Gasteiger partial charge in [-0.2, -0.15) is 0 Å². The minimum Gasteiger partial charge on any atom is -0.368 e. The molecule has 0 bridgehead atoms. The van der Waals surface area contributed by atoms with Gasteiger partial charge in [0.1, 0.15) is 5.69 Å². The molecule has 1 fully saturated rings. The van der Waals surface area contributed by atoms with Gasteiger partial charge in [-0.3, -0.25) is 19.5 Å². The van der Waals surface area contributed by atoms with Crippen molar-refractivity contribution in [3.05, 3.63) is 62.8 Å². The molecule has 1 saturated heterocycles. The third-order valence-corrected chi connectivity index (χ3v) is 5.91. The summed E-state index contributed by atoms with van der Waals surface area (Å²) in [5, 5.41) is 2.89. The largest absolute Gasteiger partial charge is 0.368 e. The average Bonchev–Trinajstić information content (AvgIpc) is 2.78. The van der Waals surface area contributed by atoms with E-state index in [0.29, 0.717) is 11.4 Å². The van der Waals surface area contributed by atoms with Crippen LogP contribution in [0.5, 0.6) is 0 Å². The number of hydrogen-bond acceptors (Lipinski definition) is 6. The molecule has 0 spiro atoms. The molecule has 31 heavy (non-hydrogen) atoms. The number of nitrogens with zero attached hydrogens (tertiary/aromatic N) is 4. The van der Waals surface area contributed by atoms with Crippen LogP contribution in [-0.4, -0.2) is 59.0 Å². The van der Waals surface area contributed by atoms with Crippen molar-refractivity contribution in [1.29, 1.82) is 0 Å². The maximum absolute atomic E-state index is 12.1. The van der Waals surface area contributed by atoms with Gasteiger partial charge in [0.2, 0.25) is 0 Å². The van der Waals surface area contributed by atoms with Crippen molar-refractivity contribution in [3.63, 3.8) is 0 Å². The number of aromatic nitrogens is 3. The number of fused-ring (bicyclic) bond motifs is 1. The molecular weight excluding hydrogens is 416 g/mol. The molecule has 3 aromatic rings. The molecule has 9 heteroatoms. The molecule has 1 aliphatic heterocycles. The van der Waals surface area contributed by atoms with Crippen molar-refractivity contribution < 1.29 is 4.79 Å². The van der Waals surface area contributed by atoms with Gasteiger partial charge >= 0.3 is 0 Å². The van der Waals surface area contributed by atoms with Crippen LogP contribution >= 0.6 is 11.6 Å². The molecule has 1 amide bonds. The van der Waals surface area contributed by atoms with E-state index in [2.05, 4.69) is 30.1 Å². The maximum atomic E-state index is 12.1. The Balaban J connectivity index is 1.41. The van der Waals surface area contributed by atoms with Crippen LogP contribution in [0, 0.1) is 0 Å². The minimum atomic E-state index is -0.294. The normalized spacial score (nSPS) is 14.7. The van der Waals surface area contributed by atoms with Gasteiger partial charge in [0.25, 0.3) is 11.5 Å². The highest BCUT2D eigenvalue weighted by atomic mass is 35.5. The lowest BCUT2D eigenvalue weighted by molar-refractivity contribution is 0.0958. The number of aromatic amines is 1. The summed E-state index contributed by atoms with van der Waals surface area (Å²) in [5.74, 6) is -0.294. The zero-order valence-electron chi connectivity index (χ0n) is 17.6. The van der Waals surface area contributed by atoms with Crippen LogP contribution in [-0.2, 0) is 13.0 Å². The molecule has 0 aromatic carbocycles. The number of halogens is 1. The average molecular weight is 441 g/mol. The van der Waals surface area contributed by atoms with Gasteiger partial charge in [0.15, 0.2) is 0 Å². The van der Waals surface area contributed by atoms with E-state index in [-0.39, 0.29) is 17.2 Å². The van der Waals surface area contributed by atoms with Crippen LogP contribution in [0.2, 0.25) is 5.02 Å². The fraction of sp³-hybridized carbons (Fsp3) is 0.364. The molecule has 2 N–H and O–H groups in total. The quantitative estimate of drug-likeness (QED) is 0.631. The first-order valence-corrected chi connectivity index (χ1v) is 10.7. The fourth-order valence-corrected chi connectivity index (χ4v) is 4.07. The summed E-state index contributed by atoms with van der Waals surface area (Å²) in [4.78, 5) is 40.1. The van der Waals surface area contributed by atoms with Crippen molar-refractivity contribution >= 4 is 34.2 Å². The number of amides is 1. The summed E-state index contributed by atoms with van der Waals surface area (Å²) in [5.41, 5.74) is 4.51.